The third kappa shape index (κ3) is 5.74. The molecular formula is C24H31ClN4O3S. The van der Waals surface area contributed by atoms with E-state index in [0.717, 1.165) is 31.0 Å². The van der Waals surface area contributed by atoms with Crippen LogP contribution in [0.4, 0.5) is 0 Å². The number of benzene rings is 1. The summed E-state index contributed by atoms with van der Waals surface area (Å²) in [5.41, 5.74) is 2.23. The Morgan fingerprint density at radius 1 is 1.06 bits per heavy atom. The van der Waals surface area contributed by atoms with E-state index in [9.17, 15) is 13.2 Å². The Morgan fingerprint density at radius 3 is 2.39 bits per heavy atom. The van der Waals surface area contributed by atoms with Crippen molar-refractivity contribution in [1.82, 2.24) is 19.5 Å². The van der Waals surface area contributed by atoms with Gasteiger partial charge in [0, 0.05) is 42.8 Å². The van der Waals surface area contributed by atoms with Gasteiger partial charge in [-0.15, -0.1) is 0 Å². The Bertz CT molecular complexity index is 1080. The van der Waals surface area contributed by atoms with Crippen LogP contribution in [-0.4, -0.2) is 67.8 Å². The molecule has 0 spiro atoms. The van der Waals surface area contributed by atoms with Gasteiger partial charge in [-0.2, -0.15) is 4.31 Å². The van der Waals surface area contributed by atoms with E-state index in [1.54, 1.807) is 12.1 Å². The van der Waals surface area contributed by atoms with Crippen molar-refractivity contribution in [2.45, 2.75) is 43.4 Å². The lowest BCUT2D eigenvalue weighted by Crippen LogP contribution is -2.39. The van der Waals surface area contributed by atoms with Crippen LogP contribution < -0.4 is 5.32 Å². The highest BCUT2D eigenvalue weighted by atomic mass is 35.5. The summed E-state index contributed by atoms with van der Waals surface area (Å²) >= 11 is 5.90. The third-order valence-corrected chi connectivity index (χ3v) is 8.68. The van der Waals surface area contributed by atoms with Crippen LogP contribution in [0.2, 0.25) is 5.02 Å². The highest BCUT2D eigenvalue weighted by molar-refractivity contribution is 7.89. The first kappa shape index (κ1) is 24.1. The van der Waals surface area contributed by atoms with E-state index in [0.29, 0.717) is 43.1 Å². The molecule has 7 nitrogen and oxygen atoms in total. The smallest absolute Gasteiger partial charge is 0.253 e. The van der Waals surface area contributed by atoms with E-state index in [1.165, 1.54) is 29.3 Å². The third-order valence-electron chi connectivity index (χ3n) is 6.51. The highest BCUT2D eigenvalue weighted by Gasteiger charge is 2.32. The Labute approximate surface area is 201 Å². The van der Waals surface area contributed by atoms with E-state index in [4.69, 9.17) is 16.6 Å². The fraction of sp³-hybridized carbons (Fsp3) is 0.500. The second-order valence-corrected chi connectivity index (χ2v) is 11.2. The number of piperidine rings is 1. The first-order chi connectivity index (χ1) is 15.8. The molecule has 4 rings (SSSR count). The molecule has 9 heteroatoms. The van der Waals surface area contributed by atoms with Gasteiger partial charge in [0.1, 0.15) is 0 Å². The van der Waals surface area contributed by atoms with Gasteiger partial charge >= 0.3 is 0 Å². The van der Waals surface area contributed by atoms with E-state index in [1.807, 2.05) is 19.1 Å². The standard InChI is InChI=1S/C24H31ClN4O3S/c1-18-4-9-22(24(30)26-12-17-28-13-2-3-14-28)23(27-18)19-10-15-29(16-11-19)33(31,32)21-7-5-20(25)6-8-21/h4-9,19H,2-3,10-17H2,1H3,(H,26,30). The molecule has 0 aliphatic carbocycles. The molecule has 2 saturated heterocycles. The zero-order chi connectivity index (χ0) is 23.4. The fourth-order valence-electron chi connectivity index (χ4n) is 4.63. The lowest BCUT2D eigenvalue weighted by atomic mass is 9.90. The van der Waals surface area contributed by atoms with E-state index in [2.05, 4.69) is 10.2 Å². The monoisotopic (exact) mass is 490 g/mol. The van der Waals surface area contributed by atoms with E-state index >= 15 is 0 Å². The summed E-state index contributed by atoms with van der Waals surface area (Å²) in [5.74, 6) is -0.0613. The van der Waals surface area contributed by atoms with Crippen LogP contribution in [0.5, 0.6) is 0 Å². The molecule has 33 heavy (non-hydrogen) atoms. The van der Waals surface area contributed by atoms with E-state index in [-0.39, 0.29) is 16.7 Å². The van der Waals surface area contributed by atoms with Crippen molar-refractivity contribution >= 4 is 27.5 Å². The topological polar surface area (TPSA) is 82.6 Å². The summed E-state index contributed by atoms with van der Waals surface area (Å²) in [4.78, 5) is 20.3. The molecule has 1 aromatic carbocycles. The zero-order valence-corrected chi connectivity index (χ0v) is 20.5. The molecule has 0 atom stereocenters. The molecule has 1 aromatic heterocycles. The predicted molar refractivity (Wildman–Crippen MR) is 129 cm³/mol. The summed E-state index contributed by atoms with van der Waals surface area (Å²) < 4.78 is 27.5. The number of hydrogen-bond donors (Lipinski definition) is 1. The summed E-state index contributed by atoms with van der Waals surface area (Å²) in [6.45, 7) is 6.38. The minimum atomic E-state index is -3.57. The number of likely N-dealkylation sites (tertiary alicyclic amines) is 1. The van der Waals surface area contributed by atoms with Crippen LogP contribution in [0, 0.1) is 6.92 Å². The quantitative estimate of drug-likeness (QED) is 0.642. The fourth-order valence-corrected chi connectivity index (χ4v) is 6.23. The second-order valence-electron chi connectivity index (χ2n) is 8.82. The number of aryl methyl sites for hydroxylation is 1. The number of pyridine rings is 1. The van der Waals surface area contributed by atoms with Gasteiger partial charge in [0.25, 0.3) is 5.91 Å². The number of amides is 1. The minimum Gasteiger partial charge on any atom is -0.351 e. The van der Waals surface area contributed by atoms with Crippen molar-refractivity contribution in [2.75, 3.05) is 39.3 Å². The molecule has 0 bridgehead atoms. The van der Waals surface area contributed by atoms with Gasteiger partial charge in [-0.1, -0.05) is 11.6 Å². The maximum Gasteiger partial charge on any atom is 0.253 e. The lowest BCUT2D eigenvalue weighted by molar-refractivity contribution is 0.0947. The van der Waals surface area contributed by atoms with Gasteiger partial charge in [0.15, 0.2) is 0 Å². The van der Waals surface area contributed by atoms with Crippen LogP contribution in [0.25, 0.3) is 0 Å². The van der Waals surface area contributed by atoms with Crippen LogP contribution in [0.15, 0.2) is 41.3 Å². The number of nitrogens with zero attached hydrogens (tertiary/aromatic N) is 3. The van der Waals surface area contributed by atoms with Gasteiger partial charge in [0.2, 0.25) is 10.0 Å². The van der Waals surface area contributed by atoms with Crippen LogP contribution >= 0.6 is 11.6 Å². The van der Waals surface area contributed by atoms with Gasteiger partial charge in [-0.05, 0) is 82.1 Å². The first-order valence-corrected chi connectivity index (χ1v) is 13.4. The van der Waals surface area contributed by atoms with Crippen LogP contribution in [0.1, 0.15) is 53.3 Å². The van der Waals surface area contributed by atoms with Crippen LogP contribution in [-0.2, 0) is 10.0 Å². The molecule has 2 aromatic rings. The summed E-state index contributed by atoms with van der Waals surface area (Å²) in [5, 5.41) is 3.55. The van der Waals surface area contributed by atoms with Gasteiger partial charge < -0.3 is 10.2 Å². The Kier molecular flexibility index (Phi) is 7.69. The normalized spacial score (nSPS) is 18.5. The number of hydrogen-bond acceptors (Lipinski definition) is 5. The molecule has 3 heterocycles. The number of rotatable bonds is 7. The molecule has 1 amide bonds. The van der Waals surface area contributed by atoms with Crippen molar-refractivity contribution in [3.05, 3.63) is 58.4 Å². The molecule has 0 radical (unpaired) electrons. The molecule has 0 unspecified atom stereocenters. The molecule has 178 valence electrons. The minimum absolute atomic E-state index is 0.0425. The lowest BCUT2D eigenvalue weighted by Gasteiger charge is -2.31. The Balaban J connectivity index is 1.41. The van der Waals surface area contributed by atoms with Crippen LogP contribution in [0.3, 0.4) is 0 Å². The summed E-state index contributed by atoms with van der Waals surface area (Å²) in [6, 6.07) is 9.96. The Hall–Kier alpha value is -2.00. The Morgan fingerprint density at radius 2 is 1.73 bits per heavy atom. The maximum absolute atomic E-state index is 13.0. The number of sulfonamides is 1. The zero-order valence-electron chi connectivity index (χ0n) is 19.0. The molecule has 0 saturated carbocycles. The maximum atomic E-state index is 13.0. The van der Waals surface area contributed by atoms with E-state index < -0.39 is 10.0 Å². The number of carbonyl (C=O) groups excluding carboxylic acids is 1. The SMILES string of the molecule is Cc1ccc(C(=O)NCCN2CCCC2)c(C2CCN(S(=O)(=O)c3ccc(Cl)cc3)CC2)n1. The molecule has 2 aliphatic heterocycles. The summed E-state index contributed by atoms with van der Waals surface area (Å²) in [6.07, 6.45) is 3.70. The van der Waals surface area contributed by atoms with Crippen molar-refractivity contribution in [3.8, 4) is 0 Å². The molecular weight excluding hydrogens is 460 g/mol. The number of aromatic nitrogens is 1. The summed E-state index contributed by atoms with van der Waals surface area (Å²) in [7, 11) is -3.57. The largest absolute Gasteiger partial charge is 0.351 e. The van der Waals surface area contributed by atoms with Gasteiger partial charge in [0.05, 0.1) is 16.2 Å². The van der Waals surface area contributed by atoms with Crippen molar-refractivity contribution < 1.29 is 13.2 Å². The van der Waals surface area contributed by atoms with Crippen molar-refractivity contribution in [2.24, 2.45) is 0 Å². The average Bonchev–Trinajstić information content (AvgIpc) is 3.33. The van der Waals surface area contributed by atoms with Crippen molar-refractivity contribution in [3.63, 3.8) is 0 Å². The van der Waals surface area contributed by atoms with Gasteiger partial charge in [-0.3, -0.25) is 9.78 Å². The average molecular weight is 491 g/mol. The first-order valence-electron chi connectivity index (χ1n) is 11.6. The second kappa shape index (κ2) is 10.5. The molecule has 2 aliphatic rings. The predicted octanol–water partition coefficient (Wildman–Crippen LogP) is 3.44. The molecule has 1 N–H and O–H groups in total. The number of halogens is 1. The molecule has 2 fully saturated rings. The van der Waals surface area contributed by atoms with Crippen molar-refractivity contribution in [1.29, 1.82) is 0 Å². The number of nitrogens with one attached hydrogen (secondary N) is 1. The number of carbonyl (C=O) groups is 1. The van der Waals surface area contributed by atoms with Gasteiger partial charge in [-0.25, -0.2) is 8.42 Å². The highest BCUT2D eigenvalue weighted by Crippen LogP contribution is 2.32.